The van der Waals surface area contributed by atoms with Crippen molar-refractivity contribution in [1.29, 1.82) is 5.26 Å². The third-order valence-electron chi connectivity index (χ3n) is 4.69. The van der Waals surface area contributed by atoms with Gasteiger partial charge in [-0.15, -0.1) is 11.3 Å². The molecule has 0 N–H and O–H groups in total. The Hall–Kier alpha value is -1.38. The number of nitriles is 1. The fourth-order valence-electron chi connectivity index (χ4n) is 3.10. The van der Waals surface area contributed by atoms with Gasteiger partial charge in [-0.3, -0.25) is 9.69 Å². The van der Waals surface area contributed by atoms with Crippen LogP contribution in [-0.2, 0) is 11.3 Å². The third kappa shape index (κ3) is 3.68. The molecule has 1 aliphatic rings. The second kappa shape index (κ2) is 7.26. The van der Waals surface area contributed by atoms with Crippen molar-refractivity contribution in [2.75, 3.05) is 20.6 Å². The molecule has 0 saturated heterocycles. The minimum Gasteiger partial charge on any atom is -0.326 e. The molecule has 1 amide bonds. The minimum absolute atomic E-state index is 0.0418. The number of carbonyl (C=O) groups is 1. The monoisotopic (exact) mass is 319 g/mol. The summed E-state index contributed by atoms with van der Waals surface area (Å²) in [6, 6.07) is 4.52. The number of rotatable bonds is 5. The van der Waals surface area contributed by atoms with Crippen LogP contribution in [0.15, 0.2) is 11.4 Å². The van der Waals surface area contributed by atoms with Gasteiger partial charge in [0.1, 0.15) is 5.54 Å². The average Bonchev–Trinajstić information content (AvgIpc) is 2.92. The Labute approximate surface area is 137 Å². The van der Waals surface area contributed by atoms with E-state index in [0.29, 0.717) is 6.54 Å². The van der Waals surface area contributed by atoms with Gasteiger partial charge in [-0.05, 0) is 43.8 Å². The molecule has 0 bridgehead atoms. The standard InChI is InChI=1S/C17H25N3OS/c1-14-7-10-22-15(14)11-19(2)12-16(21)20(3)17(13-18)8-5-4-6-9-17/h7,10H,4-6,8-9,11-12H2,1-3H3. The van der Waals surface area contributed by atoms with Crippen LogP contribution in [0.2, 0.25) is 0 Å². The van der Waals surface area contributed by atoms with E-state index in [1.807, 2.05) is 11.9 Å². The molecule has 22 heavy (non-hydrogen) atoms. The largest absolute Gasteiger partial charge is 0.326 e. The zero-order chi connectivity index (χ0) is 16.2. The van der Waals surface area contributed by atoms with Crippen LogP contribution >= 0.6 is 11.3 Å². The van der Waals surface area contributed by atoms with Gasteiger partial charge in [0, 0.05) is 18.5 Å². The molecule has 2 rings (SSSR count). The number of likely N-dealkylation sites (N-methyl/N-ethyl adjacent to an activating group) is 2. The first-order chi connectivity index (χ1) is 10.5. The maximum absolute atomic E-state index is 12.6. The molecule has 1 heterocycles. The number of carbonyl (C=O) groups excluding carboxylic acids is 1. The molecule has 1 saturated carbocycles. The first-order valence-corrected chi connectivity index (χ1v) is 8.76. The molecule has 120 valence electrons. The number of aryl methyl sites for hydroxylation is 1. The van der Waals surface area contributed by atoms with E-state index in [1.54, 1.807) is 23.3 Å². The summed E-state index contributed by atoms with van der Waals surface area (Å²) in [6.45, 7) is 3.24. The lowest BCUT2D eigenvalue weighted by molar-refractivity contribution is -0.135. The number of amides is 1. The molecule has 1 fully saturated rings. The topological polar surface area (TPSA) is 47.3 Å². The third-order valence-corrected chi connectivity index (χ3v) is 5.70. The number of hydrogen-bond acceptors (Lipinski definition) is 4. The first kappa shape index (κ1) is 17.0. The summed E-state index contributed by atoms with van der Waals surface area (Å²) in [7, 11) is 3.76. The van der Waals surface area contributed by atoms with E-state index in [-0.39, 0.29) is 5.91 Å². The van der Waals surface area contributed by atoms with E-state index < -0.39 is 5.54 Å². The highest BCUT2D eigenvalue weighted by molar-refractivity contribution is 7.10. The van der Waals surface area contributed by atoms with E-state index in [4.69, 9.17) is 0 Å². The smallest absolute Gasteiger partial charge is 0.237 e. The maximum atomic E-state index is 12.6. The highest BCUT2D eigenvalue weighted by Gasteiger charge is 2.38. The highest BCUT2D eigenvalue weighted by atomic mass is 32.1. The maximum Gasteiger partial charge on any atom is 0.237 e. The fourth-order valence-corrected chi connectivity index (χ4v) is 4.09. The zero-order valence-corrected chi connectivity index (χ0v) is 14.6. The van der Waals surface area contributed by atoms with Gasteiger partial charge in [0.05, 0.1) is 12.6 Å². The van der Waals surface area contributed by atoms with Crippen molar-refractivity contribution in [3.63, 3.8) is 0 Å². The second-order valence-electron chi connectivity index (χ2n) is 6.36. The Kier molecular flexibility index (Phi) is 5.60. The lowest BCUT2D eigenvalue weighted by Crippen LogP contribution is -2.52. The number of nitrogens with zero attached hydrogens (tertiary/aromatic N) is 3. The van der Waals surface area contributed by atoms with Gasteiger partial charge >= 0.3 is 0 Å². The van der Waals surface area contributed by atoms with Crippen LogP contribution in [0.5, 0.6) is 0 Å². The van der Waals surface area contributed by atoms with Crippen LogP contribution in [-0.4, -0.2) is 41.9 Å². The van der Waals surface area contributed by atoms with Crippen molar-refractivity contribution in [2.45, 2.75) is 51.1 Å². The summed E-state index contributed by atoms with van der Waals surface area (Å²) in [5.74, 6) is 0.0418. The predicted molar refractivity (Wildman–Crippen MR) is 89.6 cm³/mol. The summed E-state index contributed by atoms with van der Waals surface area (Å²) in [6.07, 6.45) is 4.85. The van der Waals surface area contributed by atoms with Crippen LogP contribution in [0, 0.1) is 18.3 Å². The van der Waals surface area contributed by atoms with E-state index in [0.717, 1.165) is 32.2 Å². The Morgan fingerprint density at radius 3 is 2.59 bits per heavy atom. The lowest BCUT2D eigenvalue weighted by Gasteiger charge is -2.39. The minimum atomic E-state index is -0.588. The van der Waals surface area contributed by atoms with Crippen LogP contribution in [0.4, 0.5) is 0 Å². The van der Waals surface area contributed by atoms with Crippen molar-refractivity contribution in [3.05, 3.63) is 21.9 Å². The van der Waals surface area contributed by atoms with E-state index in [1.165, 1.54) is 16.9 Å². The molecule has 1 aromatic rings. The van der Waals surface area contributed by atoms with Gasteiger partial charge in [-0.1, -0.05) is 19.3 Å². The normalized spacial score (nSPS) is 17.2. The van der Waals surface area contributed by atoms with Crippen molar-refractivity contribution in [3.8, 4) is 6.07 Å². The molecule has 4 nitrogen and oxygen atoms in total. The average molecular weight is 319 g/mol. The van der Waals surface area contributed by atoms with Crippen LogP contribution in [0.25, 0.3) is 0 Å². The molecule has 0 radical (unpaired) electrons. The van der Waals surface area contributed by atoms with Gasteiger partial charge in [0.2, 0.25) is 5.91 Å². The Bertz CT molecular complexity index is 554. The highest BCUT2D eigenvalue weighted by Crippen LogP contribution is 2.32. The molecule has 0 atom stereocenters. The SMILES string of the molecule is Cc1ccsc1CN(C)CC(=O)N(C)C1(C#N)CCCCC1. The van der Waals surface area contributed by atoms with Crippen molar-refractivity contribution >= 4 is 17.2 Å². The Morgan fingerprint density at radius 1 is 1.36 bits per heavy atom. The molecule has 0 spiro atoms. The van der Waals surface area contributed by atoms with E-state index in [9.17, 15) is 10.1 Å². The summed E-state index contributed by atoms with van der Waals surface area (Å²) in [4.78, 5) is 17.6. The van der Waals surface area contributed by atoms with Gasteiger partial charge in [0.25, 0.3) is 0 Å². The number of hydrogen-bond donors (Lipinski definition) is 0. The molecular weight excluding hydrogens is 294 g/mol. The van der Waals surface area contributed by atoms with Gasteiger partial charge in [-0.25, -0.2) is 0 Å². The quantitative estimate of drug-likeness (QED) is 0.837. The fraction of sp³-hybridized carbons (Fsp3) is 0.647. The summed E-state index contributed by atoms with van der Waals surface area (Å²) in [5, 5.41) is 11.7. The summed E-state index contributed by atoms with van der Waals surface area (Å²) < 4.78 is 0. The number of thiophene rings is 1. The van der Waals surface area contributed by atoms with Crippen LogP contribution < -0.4 is 0 Å². The second-order valence-corrected chi connectivity index (χ2v) is 7.36. The van der Waals surface area contributed by atoms with Crippen LogP contribution in [0.1, 0.15) is 42.5 Å². The van der Waals surface area contributed by atoms with Crippen molar-refractivity contribution < 1.29 is 4.79 Å². The summed E-state index contributed by atoms with van der Waals surface area (Å²) in [5.41, 5.74) is 0.688. The Balaban J connectivity index is 1.96. The molecule has 0 aliphatic heterocycles. The van der Waals surface area contributed by atoms with Crippen molar-refractivity contribution in [2.24, 2.45) is 0 Å². The van der Waals surface area contributed by atoms with Gasteiger partial charge < -0.3 is 4.90 Å². The molecule has 0 aromatic carbocycles. The van der Waals surface area contributed by atoms with E-state index >= 15 is 0 Å². The zero-order valence-electron chi connectivity index (χ0n) is 13.8. The Morgan fingerprint density at radius 2 is 2.05 bits per heavy atom. The molecule has 0 unspecified atom stereocenters. The predicted octanol–water partition coefficient (Wildman–Crippen LogP) is 3.17. The van der Waals surface area contributed by atoms with Gasteiger partial charge in [0.15, 0.2) is 0 Å². The molecular formula is C17H25N3OS. The summed E-state index contributed by atoms with van der Waals surface area (Å²) >= 11 is 1.73. The first-order valence-electron chi connectivity index (χ1n) is 7.88. The molecule has 1 aromatic heterocycles. The lowest BCUT2D eigenvalue weighted by atomic mass is 9.81. The van der Waals surface area contributed by atoms with E-state index in [2.05, 4.69) is 24.4 Å². The van der Waals surface area contributed by atoms with Crippen molar-refractivity contribution in [1.82, 2.24) is 9.80 Å². The van der Waals surface area contributed by atoms with Gasteiger partial charge in [-0.2, -0.15) is 5.26 Å². The molecule has 1 aliphatic carbocycles. The molecule has 5 heteroatoms. The van der Waals surface area contributed by atoms with Crippen LogP contribution in [0.3, 0.4) is 0 Å².